The molecule has 1 N–H and O–H groups in total. The second-order valence-electron chi connectivity index (χ2n) is 6.40. The van der Waals surface area contributed by atoms with Crippen LogP contribution in [0.3, 0.4) is 0 Å². The van der Waals surface area contributed by atoms with E-state index >= 15 is 0 Å². The van der Waals surface area contributed by atoms with E-state index in [2.05, 4.69) is 10.3 Å². The van der Waals surface area contributed by atoms with E-state index in [0.717, 1.165) is 29.6 Å². The fraction of sp³-hybridized carbons (Fsp3) is 0.529. The predicted octanol–water partition coefficient (Wildman–Crippen LogP) is 0.328. The van der Waals surface area contributed by atoms with Crippen LogP contribution in [-0.2, 0) is 23.6 Å². The number of hydrogen-bond acceptors (Lipinski definition) is 6. The lowest BCUT2D eigenvalue weighted by molar-refractivity contribution is -0.119. The molecule has 2 aromatic rings. The molecule has 26 heavy (non-hydrogen) atoms. The van der Waals surface area contributed by atoms with E-state index in [9.17, 15) is 14.4 Å². The van der Waals surface area contributed by atoms with Gasteiger partial charge in [0.1, 0.15) is 5.65 Å². The van der Waals surface area contributed by atoms with Crippen LogP contribution in [0.5, 0.6) is 0 Å². The molecule has 2 aromatic heterocycles. The van der Waals surface area contributed by atoms with Gasteiger partial charge in [0.2, 0.25) is 5.91 Å². The topological polar surface area (TPSA) is 95.2 Å². The number of carbonyl (C=O) groups excluding carboxylic acids is 1. The third-order valence-electron chi connectivity index (χ3n) is 4.50. The predicted molar refractivity (Wildman–Crippen MR) is 99.7 cm³/mol. The van der Waals surface area contributed by atoms with Gasteiger partial charge < -0.3 is 10.1 Å². The number of aromatic nitrogens is 3. The fourth-order valence-corrected chi connectivity index (χ4v) is 3.99. The summed E-state index contributed by atoms with van der Waals surface area (Å²) in [5, 5.41) is 3.24. The van der Waals surface area contributed by atoms with Crippen molar-refractivity contribution in [2.45, 2.75) is 30.8 Å². The number of ether oxygens (including phenoxy) is 1. The van der Waals surface area contributed by atoms with E-state index in [0.29, 0.717) is 22.5 Å². The standard InChI is InChI=1S/C17H22N4O4S/c1-10-7-19-15-13(16(23)21(3)17(24)20(15)2)14(10)26-9-12(22)18-8-11-5-4-6-25-11/h7,11H,4-6,8-9H2,1-3H3,(H,18,22). The maximum atomic E-state index is 12.6. The number of hydrogen-bond donors (Lipinski definition) is 1. The Morgan fingerprint density at radius 1 is 1.38 bits per heavy atom. The normalized spacial score (nSPS) is 17.0. The maximum Gasteiger partial charge on any atom is 0.332 e. The molecule has 1 aliphatic heterocycles. The second-order valence-corrected chi connectivity index (χ2v) is 7.39. The van der Waals surface area contributed by atoms with Gasteiger partial charge in [-0.05, 0) is 25.3 Å². The van der Waals surface area contributed by atoms with Gasteiger partial charge in [-0.15, -0.1) is 11.8 Å². The molecule has 1 fully saturated rings. The number of fused-ring (bicyclic) bond motifs is 1. The molecule has 0 bridgehead atoms. The van der Waals surface area contributed by atoms with E-state index in [1.165, 1.54) is 23.4 Å². The molecule has 0 spiro atoms. The summed E-state index contributed by atoms with van der Waals surface area (Å²) in [5.74, 6) is 0.0649. The summed E-state index contributed by atoms with van der Waals surface area (Å²) in [5.41, 5.74) is 0.293. The third kappa shape index (κ3) is 3.54. The Morgan fingerprint density at radius 3 is 2.85 bits per heavy atom. The highest BCUT2D eigenvalue weighted by atomic mass is 32.2. The fourth-order valence-electron chi connectivity index (χ4n) is 3.00. The molecule has 0 aromatic carbocycles. The van der Waals surface area contributed by atoms with Crippen LogP contribution in [0, 0.1) is 6.92 Å². The Hall–Kier alpha value is -2.13. The first kappa shape index (κ1) is 18.7. The largest absolute Gasteiger partial charge is 0.376 e. The van der Waals surface area contributed by atoms with Crippen LogP contribution < -0.4 is 16.6 Å². The number of pyridine rings is 1. The number of rotatable bonds is 5. The zero-order valence-electron chi connectivity index (χ0n) is 15.1. The van der Waals surface area contributed by atoms with E-state index in [1.54, 1.807) is 13.2 Å². The van der Waals surface area contributed by atoms with Gasteiger partial charge in [0, 0.05) is 38.3 Å². The number of aryl methyl sites for hydroxylation is 2. The number of nitrogens with one attached hydrogen (secondary N) is 1. The summed E-state index contributed by atoms with van der Waals surface area (Å²) in [6.07, 6.45) is 3.70. The lowest BCUT2D eigenvalue weighted by Gasteiger charge is -2.13. The van der Waals surface area contributed by atoms with Crippen molar-refractivity contribution in [3.8, 4) is 0 Å². The van der Waals surface area contributed by atoms with Gasteiger partial charge in [-0.1, -0.05) is 0 Å². The van der Waals surface area contributed by atoms with E-state index < -0.39 is 11.2 Å². The van der Waals surface area contributed by atoms with Crippen molar-refractivity contribution in [2.24, 2.45) is 14.1 Å². The number of carbonyl (C=O) groups is 1. The molecule has 3 rings (SSSR count). The minimum absolute atomic E-state index is 0.0919. The summed E-state index contributed by atoms with van der Waals surface area (Å²) < 4.78 is 7.90. The molecule has 0 saturated carbocycles. The van der Waals surface area contributed by atoms with Crippen molar-refractivity contribution in [2.75, 3.05) is 18.9 Å². The minimum atomic E-state index is -0.427. The molecular formula is C17H22N4O4S. The van der Waals surface area contributed by atoms with Gasteiger partial charge in [0.05, 0.1) is 17.2 Å². The lowest BCUT2D eigenvalue weighted by Crippen LogP contribution is -2.37. The molecule has 0 aliphatic carbocycles. The third-order valence-corrected chi connectivity index (χ3v) is 5.72. The molecule has 140 valence electrons. The summed E-state index contributed by atoms with van der Waals surface area (Å²) in [6, 6.07) is 0. The molecule has 9 heteroatoms. The van der Waals surface area contributed by atoms with Crippen LogP contribution in [-0.4, -0.2) is 45.0 Å². The van der Waals surface area contributed by atoms with Crippen molar-refractivity contribution in [3.05, 3.63) is 32.6 Å². The van der Waals surface area contributed by atoms with Gasteiger partial charge in [0.25, 0.3) is 5.56 Å². The first-order valence-electron chi connectivity index (χ1n) is 8.46. The first-order valence-corrected chi connectivity index (χ1v) is 9.45. The van der Waals surface area contributed by atoms with Gasteiger partial charge >= 0.3 is 5.69 Å². The summed E-state index contributed by atoms with van der Waals surface area (Å²) in [6.45, 7) is 3.09. The average molecular weight is 378 g/mol. The van der Waals surface area contributed by atoms with Crippen LogP contribution in [0.15, 0.2) is 20.7 Å². The Morgan fingerprint density at radius 2 is 2.15 bits per heavy atom. The lowest BCUT2D eigenvalue weighted by atomic mass is 10.2. The van der Waals surface area contributed by atoms with Crippen molar-refractivity contribution in [3.63, 3.8) is 0 Å². The highest BCUT2D eigenvalue weighted by molar-refractivity contribution is 8.00. The highest BCUT2D eigenvalue weighted by Gasteiger charge is 2.18. The number of amides is 1. The molecule has 3 heterocycles. The molecule has 1 aliphatic rings. The maximum absolute atomic E-state index is 12.6. The quantitative estimate of drug-likeness (QED) is 0.754. The van der Waals surface area contributed by atoms with Gasteiger partial charge in [0.15, 0.2) is 0 Å². The first-order chi connectivity index (χ1) is 12.4. The van der Waals surface area contributed by atoms with Crippen molar-refractivity contribution < 1.29 is 9.53 Å². The summed E-state index contributed by atoms with van der Waals surface area (Å²) in [7, 11) is 3.02. The van der Waals surface area contributed by atoms with Crippen LogP contribution in [0.1, 0.15) is 18.4 Å². The molecule has 1 atom stereocenters. The highest BCUT2D eigenvalue weighted by Crippen LogP contribution is 2.27. The van der Waals surface area contributed by atoms with Gasteiger partial charge in [-0.25, -0.2) is 9.78 Å². The minimum Gasteiger partial charge on any atom is -0.376 e. The molecule has 1 unspecified atom stereocenters. The van der Waals surface area contributed by atoms with E-state index in [-0.39, 0.29) is 17.8 Å². The molecule has 8 nitrogen and oxygen atoms in total. The van der Waals surface area contributed by atoms with Crippen LogP contribution in [0.4, 0.5) is 0 Å². The second kappa shape index (κ2) is 7.63. The zero-order valence-corrected chi connectivity index (χ0v) is 15.9. The molecule has 1 saturated heterocycles. The zero-order chi connectivity index (χ0) is 18.8. The van der Waals surface area contributed by atoms with Gasteiger partial charge in [-0.2, -0.15) is 0 Å². The summed E-state index contributed by atoms with van der Waals surface area (Å²) >= 11 is 1.28. The van der Waals surface area contributed by atoms with Crippen LogP contribution in [0.2, 0.25) is 0 Å². The smallest absolute Gasteiger partial charge is 0.332 e. The monoisotopic (exact) mass is 378 g/mol. The van der Waals surface area contributed by atoms with E-state index in [4.69, 9.17) is 4.74 Å². The van der Waals surface area contributed by atoms with Gasteiger partial charge in [-0.3, -0.25) is 18.7 Å². The van der Waals surface area contributed by atoms with E-state index in [1.807, 2.05) is 6.92 Å². The summed E-state index contributed by atoms with van der Waals surface area (Å²) in [4.78, 5) is 41.7. The Labute approximate surface area is 154 Å². The van der Waals surface area contributed by atoms with Crippen molar-refractivity contribution in [1.82, 2.24) is 19.4 Å². The Balaban J connectivity index is 1.83. The molecule has 0 radical (unpaired) electrons. The number of thioether (sulfide) groups is 1. The number of nitrogens with zero attached hydrogens (tertiary/aromatic N) is 3. The average Bonchev–Trinajstić information content (AvgIpc) is 3.15. The van der Waals surface area contributed by atoms with Crippen LogP contribution in [0.25, 0.3) is 11.0 Å². The molecular weight excluding hydrogens is 356 g/mol. The molecule has 1 amide bonds. The van der Waals surface area contributed by atoms with Crippen molar-refractivity contribution >= 4 is 28.7 Å². The van der Waals surface area contributed by atoms with Crippen molar-refractivity contribution in [1.29, 1.82) is 0 Å². The SMILES string of the molecule is Cc1cnc2c(c1SCC(=O)NCC1CCCO1)c(=O)n(C)c(=O)n2C. The van der Waals surface area contributed by atoms with Crippen LogP contribution >= 0.6 is 11.8 Å². The Bertz CT molecular complexity index is 960. The Kier molecular flexibility index (Phi) is 5.47.